The van der Waals surface area contributed by atoms with Gasteiger partial charge >= 0.3 is 0 Å². The van der Waals surface area contributed by atoms with E-state index in [1.807, 2.05) is 0 Å². The molecule has 0 aromatic carbocycles. The molecule has 0 unspecified atom stereocenters. The molecule has 1 heteroatoms. The number of hydrogen-bond donors (Lipinski definition) is 0. The summed E-state index contributed by atoms with van der Waals surface area (Å²) in [5.41, 5.74) is 0. The highest BCUT2D eigenvalue weighted by molar-refractivity contribution is 5.98. The Kier molecular flexibility index (Phi) is 3.16. The maximum Gasteiger partial charge on any atom is 0.208 e. The summed E-state index contributed by atoms with van der Waals surface area (Å²) in [5.74, 6) is 6.08. The van der Waals surface area contributed by atoms with E-state index < -0.39 is 0 Å². The Hall–Kier alpha value is -0.770. The Morgan fingerprint density at radius 3 is 2.82 bits per heavy atom. The minimum absolute atomic E-state index is 0.168. The van der Waals surface area contributed by atoms with Crippen molar-refractivity contribution in [2.75, 3.05) is 0 Å². The summed E-state index contributed by atoms with van der Waals surface area (Å²) in [6, 6.07) is 0. The first kappa shape index (κ1) is 8.33. The molecule has 0 saturated heterocycles. The normalized spacial score (nSPS) is 15.4. The van der Waals surface area contributed by atoms with Crippen molar-refractivity contribution < 1.29 is 4.79 Å². The van der Waals surface area contributed by atoms with Gasteiger partial charge in [-0.15, -0.1) is 0 Å². The molecule has 0 aromatic heterocycles. The number of carbonyl (C=O) groups is 1. The molecule has 1 saturated carbocycles. The van der Waals surface area contributed by atoms with Crippen molar-refractivity contribution in [2.45, 2.75) is 39.0 Å². The van der Waals surface area contributed by atoms with Gasteiger partial charge in [0.1, 0.15) is 0 Å². The van der Waals surface area contributed by atoms with Crippen LogP contribution in [-0.4, -0.2) is 5.78 Å². The van der Waals surface area contributed by atoms with Crippen LogP contribution in [0.5, 0.6) is 0 Å². The van der Waals surface area contributed by atoms with Crippen LogP contribution in [0.1, 0.15) is 39.0 Å². The van der Waals surface area contributed by atoms with Crippen LogP contribution in [0.25, 0.3) is 0 Å². The maximum atomic E-state index is 11.0. The van der Waals surface area contributed by atoms with E-state index in [9.17, 15) is 4.79 Å². The van der Waals surface area contributed by atoms with Crippen molar-refractivity contribution in [3.8, 4) is 11.8 Å². The fourth-order valence-electron chi connectivity index (χ4n) is 0.862. The average molecular weight is 150 g/mol. The Bertz CT molecular complexity index is 191. The van der Waals surface area contributed by atoms with E-state index in [0.717, 1.165) is 32.1 Å². The fraction of sp³-hybridized carbons (Fsp3) is 0.700. The molecule has 0 heterocycles. The summed E-state index contributed by atoms with van der Waals surface area (Å²) in [6.45, 7) is 2.13. The van der Waals surface area contributed by atoms with Crippen molar-refractivity contribution in [1.82, 2.24) is 0 Å². The largest absolute Gasteiger partial charge is 0.285 e. The molecule has 0 bridgehead atoms. The minimum Gasteiger partial charge on any atom is -0.285 e. The number of hydrogen-bond acceptors (Lipinski definition) is 1. The molecule has 0 atom stereocenters. The number of Topliss-reactive ketones (excluding diaryl/α,β-unsaturated/α-hetero) is 1. The third-order valence-corrected chi connectivity index (χ3v) is 1.82. The molecule has 0 amide bonds. The quantitative estimate of drug-likeness (QED) is 0.342. The van der Waals surface area contributed by atoms with Gasteiger partial charge in [-0.3, -0.25) is 4.79 Å². The van der Waals surface area contributed by atoms with Crippen molar-refractivity contribution in [1.29, 1.82) is 0 Å². The number of carbonyl (C=O) groups excluding carboxylic acids is 1. The summed E-state index contributed by atoms with van der Waals surface area (Å²) in [7, 11) is 0. The zero-order valence-electron chi connectivity index (χ0n) is 7.02. The molecule has 0 radical (unpaired) electrons. The smallest absolute Gasteiger partial charge is 0.208 e. The van der Waals surface area contributed by atoms with Gasteiger partial charge in [0.05, 0.1) is 0 Å². The molecule has 0 N–H and O–H groups in total. The molecule has 60 valence electrons. The van der Waals surface area contributed by atoms with Gasteiger partial charge in [-0.1, -0.05) is 19.3 Å². The van der Waals surface area contributed by atoms with Gasteiger partial charge in [-0.05, 0) is 25.2 Å². The highest BCUT2D eigenvalue weighted by atomic mass is 16.1. The van der Waals surface area contributed by atoms with E-state index in [4.69, 9.17) is 0 Å². The van der Waals surface area contributed by atoms with Crippen LogP contribution in [0.2, 0.25) is 0 Å². The van der Waals surface area contributed by atoms with E-state index in [1.165, 1.54) is 0 Å². The number of ketones is 1. The predicted octanol–water partition coefficient (Wildman–Crippen LogP) is 2.16. The second kappa shape index (κ2) is 4.18. The molecule has 0 aromatic rings. The Labute approximate surface area is 68.2 Å². The molecule has 1 nitrogen and oxygen atoms in total. The summed E-state index contributed by atoms with van der Waals surface area (Å²) in [5, 5.41) is 0. The van der Waals surface area contributed by atoms with Gasteiger partial charge in [0.2, 0.25) is 5.78 Å². The Morgan fingerprint density at radius 2 is 2.27 bits per heavy atom. The van der Waals surface area contributed by atoms with Crippen LogP contribution in [0.15, 0.2) is 0 Å². The molecular formula is C10H14O. The average Bonchev–Trinajstić information content (AvgIpc) is 2.79. The van der Waals surface area contributed by atoms with E-state index in [2.05, 4.69) is 18.8 Å². The van der Waals surface area contributed by atoms with Crippen molar-refractivity contribution in [3.05, 3.63) is 0 Å². The Balaban J connectivity index is 2.14. The summed E-state index contributed by atoms with van der Waals surface area (Å²) in [6.07, 6.45) is 5.30. The molecule has 0 spiro atoms. The third-order valence-electron chi connectivity index (χ3n) is 1.82. The second-order valence-electron chi connectivity index (χ2n) is 3.04. The first-order valence-corrected chi connectivity index (χ1v) is 4.37. The lowest BCUT2D eigenvalue weighted by Gasteiger charge is -1.84. The lowest BCUT2D eigenvalue weighted by molar-refractivity contribution is -0.114. The predicted molar refractivity (Wildman–Crippen MR) is 45.0 cm³/mol. The minimum atomic E-state index is 0.168. The van der Waals surface area contributed by atoms with Gasteiger partial charge in [0.15, 0.2) is 0 Å². The molecule has 1 aliphatic carbocycles. The first-order valence-electron chi connectivity index (χ1n) is 4.37. The standard InChI is InChI=1S/C10H14O/c1-2-3-4-5-6-10(11)9-7-8-9/h9H,2-4,7-8H2,1H3. The second-order valence-corrected chi connectivity index (χ2v) is 3.04. The maximum absolute atomic E-state index is 11.0. The molecule has 1 fully saturated rings. The van der Waals surface area contributed by atoms with Gasteiger partial charge in [0.25, 0.3) is 0 Å². The molecule has 0 aliphatic heterocycles. The SMILES string of the molecule is CCCCC#CC(=O)C1CC1. The fourth-order valence-corrected chi connectivity index (χ4v) is 0.862. The van der Waals surface area contributed by atoms with E-state index in [0.29, 0.717) is 5.92 Å². The van der Waals surface area contributed by atoms with Crippen LogP contribution in [0.4, 0.5) is 0 Å². The number of rotatable bonds is 3. The topological polar surface area (TPSA) is 17.1 Å². The molecule has 1 rings (SSSR count). The highest BCUT2D eigenvalue weighted by Crippen LogP contribution is 2.29. The highest BCUT2D eigenvalue weighted by Gasteiger charge is 2.27. The first-order chi connectivity index (χ1) is 5.34. The summed E-state index contributed by atoms with van der Waals surface area (Å²) in [4.78, 5) is 11.0. The van der Waals surface area contributed by atoms with E-state index >= 15 is 0 Å². The molecular weight excluding hydrogens is 136 g/mol. The van der Waals surface area contributed by atoms with E-state index in [-0.39, 0.29) is 5.78 Å². The van der Waals surface area contributed by atoms with Crippen LogP contribution in [0.3, 0.4) is 0 Å². The van der Waals surface area contributed by atoms with Crippen LogP contribution in [0, 0.1) is 17.8 Å². The van der Waals surface area contributed by atoms with Crippen LogP contribution in [-0.2, 0) is 4.79 Å². The summed E-state index contributed by atoms with van der Waals surface area (Å²) >= 11 is 0. The van der Waals surface area contributed by atoms with Gasteiger partial charge in [-0.25, -0.2) is 0 Å². The van der Waals surface area contributed by atoms with Crippen molar-refractivity contribution >= 4 is 5.78 Å². The third kappa shape index (κ3) is 3.23. The summed E-state index contributed by atoms with van der Waals surface area (Å²) < 4.78 is 0. The zero-order valence-corrected chi connectivity index (χ0v) is 7.02. The molecule has 11 heavy (non-hydrogen) atoms. The molecule has 1 aliphatic rings. The zero-order chi connectivity index (χ0) is 8.10. The Morgan fingerprint density at radius 1 is 1.55 bits per heavy atom. The van der Waals surface area contributed by atoms with Crippen molar-refractivity contribution in [3.63, 3.8) is 0 Å². The lowest BCUT2D eigenvalue weighted by atomic mass is 10.2. The van der Waals surface area contributed by atoms with Gasteiger partial charge < -0.3 is 0 Å². The number of unbranched alkanes of at least 4 members (excludes halogenated alkanes) is 2. The van der Waals surface area contributed by atoms with Crippen molar-refractivity contribution in [2.24, 2.45) is 5.92 Å². The van der Waals surface area contributed by atoms with E-state index in [1.54, 1.807) is 0 Å². The van der Waals surface area contributed by atoms with Gasteiger partial charge in [-0.2, -0.15) is 0 Å². The monoisotopic (exact) mass is 150 g/mol. The van der Waals surface area contributed by atoms with Gasteiger partial charge in [0, 0.05) is 12.3 Å². The van der Waals surface area contributed by atoms with Crippen LogP contribution >= 0.6 is 0 Å². The lowest BCUT2D eigenvalue weighted by Crippen LogP contribution is -1.94. The van der Waals surface area contributed by atoms with Crippen LogP contribution < -0.4 is 0 Å².